The summed E-state index contributed by atoms with van der Waals surface area (Å²) < 4.78 is 0. The van der Waals surface area contributed by atoms with Crippen molar-refractivity contribution in [3.05, 3.63) is 15.6 Å². The highest BCUT2D eigenvalue weighted by Crippen LogP contribution is 2.25. The zero-order valence-electron chi connectivity index (χ0n) is 15.4. The number of carbonyl (C=O) groups is 3. The van der Waals surface area contributed by atoms with Gasteiger partial charge in [-0.3, -0.25) is 14.4 Å². The van der Waals surface area contributed by atoms with E-state index in [0.717, 1.165) is 10.7 Å². The maximum atomic E-state index is 12.9. The van der Waals surface area contributed by atoms with Crippen LogP contribution in [0.4, 0.5) is 0 Å². The third-order valence-corrected chi connectivity index (χ3v) is 6.09. The van der Waals surface area contributed by atoms with E-state index in [-0.39, 0.29) is 36.2 Å². The number of nitrogens with one attached hydrogen (secondary N) is 1. The lowest BCUT2D eigenvalue weighted by molar-refractivity contribution is -0.129. The van der Waals surface area contributed by atoms with Gasteiger partial charge < -0.3 is 9.80 Å². The molecule has 9 heteroatoms. The van der Waals surface area contributed by atoms with Crippen LogP contribution in [0.15, 0.2) is 5.10 Å². The normalized spacial score (nSPS) is 23.5. The molecule has 3 amide bonds. The molecule has 3 heterocycles. The van der Waals surface area contributed by atoms with Crippen molar-refractivity contribution in [1.82, 2.24) is 20.2 Å². The Labute approximate surface area is 156 Å². The highest BCUT2D eigenvalue weighted by molar-refractivity contribution is 7.13. The summed E-state index contributed by atoms with van der Waals surface area (Å²) in [6, 6.07) is -0.268. The monoisotopic (exact) mass is 377 g/mol. The van der Waals surface area contributed by atoms with Crippen LogP contribution in [0.1, 0.15) is 47.1 Å². The first kappa shape index (κ1) is 18.5. The standard InChI is InChI=1S/C17H23N5O3S/c1-9-15(26-12(4)18-9)17(25)22-8-7-21(10(2)11(22)3)16(24)13-5-6-14(23)20-19-13/h10-11H,5-8H2,1-4H3,(H,20,23)/t10-,11+/m0/s1. The number of thiazole rings is 1. The van der Waals surface area contributed by atoms with E-state index in [4.69, 9.17) is 0 Å². The van der Waals surface area contributed by atoms with Gasteiger partial charge in [-0.15, -0.1) is 11.3 Å². The van der Waals surface area contributed by atoms with E-state index in [1.807, 2.05) is 32.6 Å². The molecular weight excluding hydrogens is 354 g/mol. The fourth-order valence-electron chi connectivity index (χ4n) is 3.37. The summed E-state index contributed by atoms with van der Waals surface area (Å²) in [5, 5.41) is 4.77. The smallest absolute Gasteiger partial charge is 0.270 e. The molecule has 0 aliphatic carbocycles. The Balaban J connectivity index is 1.73. The van der Waals surface area contributed by atoms with Crippen molar-refractivity contribution >= 4 is 34.8 Å². The number of aryl methyl sites for hydroxylation is 2. The maximum Gasteiger partial charge on any atom is 0.270 e. The molecule has 0 unspecified atom stereocenters. The first-order valence-electron chi connectivity index (χ1n) is 8.71. The van der Waals surface area contributed by atoms with Gasteiger partial charge in [0.15, 0.2) is 0 Å². The Bertz CT molecular complexity index is 787. The number of aromatic nitrogens is 1. The molecule has 0 spiro atoms. The SMILES string of the molecule is Cc1nc(C)c(C(=O)N2CCN(C(=O)C3=NNC(=O)CC3)[C@@H](C)[C@H]2C)s1. The highest BCUT2D eigenvalue weighted by atomic mass is 32.1. The van der Waals surface area contributed by atoms with Gasteiger partial charge in [-0.25, -0.2) is 10.4 Å². The molecular formula is C17H23N5O3S. The number of hydrogen-bond donors (Lipinski definition) is 1. The molecule has 0 bridgehead atoms. The van der Waals surface area contributed by atoms with Crippen molar-refractivity contribution in [3.8, 4) is 0 Å². The molecule has 2 aliphatic rings. The third kappa shape index (κ3) is 3.35. The summed E-state index contributed by atoms with van der Waals surface area (Å²) in [6.07, 6.45) is 0.626. The first-order chi connectivity index (χ1) is 12.3. The van der Waals surface area contributed by atoms with Gasteiger partial charge in [0.1, 0.15) is 10.6 Å². The van der Waals surface area contributed by atoms with Gasteiger partial charge in [-0.05, 0) is 27.7 Å². The van der Waals surface area contributed by atoms with E-state index in [0.29, 0.717) is 30.1 Å². The van der Waals surface area contributed by atoms with Crippen molar-refractivity contribution < 1.29 is 14.4 Å². The average Bonchev–Trinajstić information content (AvgIpc) is 2.95. The summed E-state index contributed by atoms with van der Waals surface area (Å²) >= 11 is 1.41. The summed E-state index contributed by atoms with van der Waals surface area (Å²) in [6.45, 7) is 8.54. The fraction of sp³-hybridized carbons (Fsp3) is 0.588. The maximum absolute atomic E-state index is 12.9. The van der Waals surface area contributed by atoms with E-state index in [1.165, 1.54) is 11.3 Å². The Morgan fingerprint density at radius 1 is 1.08 bits per heavy atom. The van der Waals surface area contributed by atoms with Crippen molar-refractivity contribution in [3.63, 3.8) is 0 Å². The predicted octanol–water partition coefficient (Wildman–Crippen LogP) is 1.09. The Hall–Kier alpha value is -2.29. The third-order valence-electron chi connectivity index (χ3n) is 5.03. The Morgan fingerprint density at radius 2 is 1.69 bits per heavy atom. The second-order valence-electron chi connectivity index (χ2n) is 6.72. The molecule has 26 heavy (non-hydrogen) atoms. The van der Waals surface area contributed by atoms with Crippen LogP contribution in [0.25, 0.3) is 0 Å². The molecule has 3 rings (SSSR count). The largest absolute Gasteiger partial charge is 0.331 e. The van der Waals surface area contributed by atoms with Gasteiger partial charge in [0.25, 0.3) is 11.8 Å². The minimum atomic E-state index is -0.173. The molecule has 140 valence electrons. The number of rotatable bonds is 2. The molecule has 0 radical (unpaired) electrons. The summed E-state index contributed by atoms with van der Waals surface area (Å²) in [4.78, 5) is 45.5. The van der Waals surface area contributed by atoms with Crippen LogP contribution in [0.3, 0.4) is 0 Å². The minimum Gasteiger partial charge on any atom is -0.331 e. The summed E-state index contributed by atoms with van der Waals surface area (Å²) in [7, 11) is 0. The van der Waals surface area contributed by atoms with Crippen molar-refractivity contribution in [1.29, 1.82) is 0 Å². The van der Waals surface area contributed by atoms with Gasteiger partial charge in [-0.1, -0.05) is 0 Å². The van der Waals surface area contributed by atoms with E-state index >= 15 is 0 Å². The lowest BCUT2D eigenvalue weighted by Gasteiger charge is -2.45. The number of hydrazone groups is 1. The lowest BCUT2D eigenvalue weighted by Crippen LogP contribution is -2.61. The number of hydrogen-bond acceptors (Lipinski definition) is 6. The number of nitrogens with zero attached hydrogens (tertiary/aromatic N) is 4. The molecule has 1 fully saturated rings. The lowest BCUT2D eigenvalue weighted by atomic mass is 10.0. The quantitative estimate of drug-likeness (QED) is 0.834. The van der Waals surface area contributed by atoms with Crippen molar-refractivity contribution in [2.75, 3.05) is 13.1 Å². The summed E-state index contributed by atoms with van der Waals surface area (Å²) in [5.74, 6) is -0.364. The molecule has 1 aromatic heterocycles. The first-order valence-corrected chi connectivity index (χ1v) is 9.52. The number of piperazine rings is 1. The number of carbonyl (C=O) groups excluding carboxylic acids is 3. The van der Waals surface area contributed by atoms with E-state index < -0.39 is 0 Å². The van der Waals surface area contributed by atoms with Crippen LogP contribution in [-0.4, -0.2) is 63.4 Å². The zero-order valence-corrected chi connectivity index (χ0v) is 16.2. The molecule has 1 saturated heterocycles. The Kier molecular flexibility index (Phi) is 5.08. The second kappa shape index (κ2) is 7.14. The van der Waals surface area contributed by atoms with E-state index in [2.05, 4.69) is 15.5 Å². The predicted molar refractivity (Wildman–Crippen MR) is 98.1 cm³/mol. The minimum absolute atomic E-state index is 0.0261. The van der Waals surface area contributed by atoms with Crippen molar-refractivity contribution in [2.24, 2.45) is 5.10 Å². The van der Waals surface area contributed by atoms with E-state index in [1.54, 1.807) is 4.90 Å². The molecule has 2 atom stereocenters. The van der Waals surface area contributed by atoms with Gasteiger partial charge in [0.05, 0.1) is 10.7 Å². The number of amides is 3. The van der Waals surface area contributed by atoms with E-state index in [9.17, 15) is 14.4 Å². The van der Waals surface area contributed by atoms with Gasteiger partial charge in [0.2, 0.25) is 5.91 Å². The van der Waals surface area contributed by atoms with Crippen LogP contribution < -0.4 is 5.43 Å². The van der Waals surface area contributed by atoms with Gasteiger partial charge in [0, 0.05) is 38.0 Å². The van der Waals surface area contributed by atoms with Crippen LogP contribution in [-0.2, 0) is 9.59 Å². The Morgan fingerprint density at radius 3 is 2.19 bits per heavy atom. The molecule has 0 saturated carbocycles. The molecule has 0 aromatic carbocycles. The molecule has 8 nitrogen and oxygen atoms in total. The topological polar surface area (TPSA) is 95.0 Å². The van der Waals surface area contributed by atoms with Gasteiger partial charge >= 0.3 is 0 Å². The van der Waals surface area contributed by atoms with Crippen LogP contribution >= 0.6 is 11.3 Å². The van der Waals surface area contributed by atoms with Crippen LogP contribution in [0.2, 0.25) is 0 Å². The zero-order chi connectivity index (χ0) is 19.0. The molecule has 1 aromatic rings. The van der Waals surface area contributed by atoms with Crippen LogP contribution in [0, 0.1) is 13.8 Å². The van der Waals surface area contributed by atoms with Crippen molar-refractivity contribution in [2.45, 2.75) is 52.6 Å². The molecule has 1 N–H and O–H groups in total. The highest BCUT2D eigenvalue weighted by Gasteiger charge is 2.38. The van der Waals surface area contributed by atoms with Gasteiger partial charge in [-0.2, -0.15) is 5.10 Å². The second-order valence-corrected chi connectivity index (χ2v) is 7.92. The summed E-state index contributed by atoms with van der Waals surface area (Å²) in [5.41, 5.74) is 3.49. The fourth-order valence-corrected chi connectivity index (χ4v) is 4.25. The average molecular weight is 377 g/mol. The van der Waals surface area contributed by atoms with Crippen LogP contribution in [0.5, 0.6) is 0 Å². The molecule has 2 aliphatic heterocycles.